The van der Waals surface area contributed by atoms with Crippen LogP contribution >= 0.6 is 0 Å². The number of hydrogen-bond donors (Lipinski definition) is 2. The second kappa shape index (κ2) is 9.97. The van der Waals surface area contributed by atoms with Crippen LogP contribution in [0.25, 0.3) is 0 Å². The molecule has 2 N–H and O–H groups in total. The van der Waals surface area contributed by atoms with Crippen molar-refractivity contribution in [2.24, 2.45) is 5.92 Å². The van der Waals surface area contributed by atoms with Gasteiger partial charge < -0.3 is 15.1 Å². The molecule has 1 aliphatic heterocycles. The van der Waals surface area contributed by atoms with Crippen molar-refractivity contribution in [3.8, 4) is 0 Å². The van der Waals surface area contributed by atoms with Gasteiger partial charge >= 0.3 is 0 Å². The lowest BCUT2D eigenvalue weighted by Gasteiger charge is -2.35. The number of aryl methyl sites for hydroxylation is 1. The van der Waals surface area contributed by atoms with E-state index in [1.807, 2.05) is 25.1 Å². The Labute approximate surface area is 189 Å². The number of halogens is 1. The van der Waals surface area contributed by atoms with E-state index in [1.165, 1.54) is 18.2 Å². The summed E-state index contributed by atoms with van der Waals surface area (Å²) in [6, 6.07) is 9.72. The Balaban J connectivity index is 1.74. The number of carbonyl (C=O) groups excluding carboxylic acids is 1. The van der Waals surface area contributed by atoms with E-state index in [0.717, 1.165) is 43.5 Å². The molecule has 174 valence electrons. The predicted octanol–water partition coefficient (Wildman–Crippen LogP) is 2.83. The molecule has 1 fully saturated rings. The highest BCUT2D eigenvalue weighted by molar-refractivity contribution is 7.89. The van der Waals surface area contributed by atoms with Crippen LogP contribution in [0.1, 0.15) is 19.4 Å². The second-order valence-corrected chi connectivity index (χ2v) is 10.2. The molecule has 0 aliphatic carbocycles. The summed E-state index contributed by atoms with van der Waals surface area (Å²) in [5.41, 5.74) is 2.73. The summed E-state index contributed by atoms with van der Waals surface area (Å²) in [5.74, 6) is -1.70. The summed E-state index contributed by atoms with van der Waals surface area (Å²) in [6.07, 6.45) is 0. The van der Waals surface area contributed by atoms with Gasteiger partial charge in [0.25, 0.3) is 0 Å². The van der Waals surface area contributed by atoms with Crippen LogP contribution in [0.15, 0.2) is 47.4 Å². The van der Waals surface area contributed by atoms with Crippen LogP contribution < -0.4 is 14.9 Å². The zero-order valence-electron chi connectivity index (χ0n) is 18.9. The SMILES string of the molecule is Cc1cc(NC(=O)[C@@H](NS(=O)(=O)c2ccccc2F)C(C)C)ccc1N1CCN(C)CC1. The molecule has 1 atom stereocenters. The van der Waals surface area contributed by atoms with E-state index in [4.69, 9.17) is 0 Å². The zero-order valence-corrected chi connectivity index (χ0v) is 19.7. The monoisotopic (exact) mass is 462 g/mol. The van der Waals surface area contributed by atoms with Gasteiger partial charge in [-0.1, -0.05) is 26.0 Å². The molecular formula is C23H31FN4O3S. The number of anilines is 2. The molecule has 0 radical (unpaired) electrons. The molecule has 0 aromatic heterocycles. The van der Waals surface area contributed by atoms with E-state index in [2.05, 4.69) is 26.9 Å². The number of nitrogens with one attached hydrogen (secondary N) is 2. The Morgan fingerprint density at radius 3 is 2.31 bits per heavy atom. The van der Waals surface area contributed by atoms with Crippen molar-refractivity contribution >= 4 is 27.3 Å². The van der Waals surface area contributed by atoms with Crippen molar-refractivity contribution in [1.29, 1.82) is 0 Å². The number of amides is 1. The summed E-state index contributed by atoms with van der Waals surface area (Å²) in [4.78, 5) is 17.1. The quantitative estimate of drug-likeness (QED) is 0.661. The summed E-state index contributed by atoms with van der Waals surface area (Å²) < 4.78 is 41.7. The topological polar surface area (TPSA) is 81.8 Å². The Kier molecular flexibility index (Phi) is 7.53. The van der Waals surface area contributed by atoms with Crippen molar-refractivity contribution < 1.29 is 17.6 Å². The molecule has 0 saturated carbocycles. The Bertz CT molecular complexity index is 1070. The minimum atomic E-state index is -4.20. The fourth-order valence-electron chi connectivity index (χ4n) is 3.74. The molecule has 0 bridgehead atoms. The first-order valence-corrected chi connectivity index (χ1v) is 12.2. The standard InChI is InChI=1S/C23H31FN4O3S/c1-16(2)22(26-32(30,31)21-8-6-5-7-19(21)24)23(29)25-18-9-10-20(17(3)15-18)28-13-11-27(4)12-14-28/h5-10,15-16,22,26H,11-14H2,1-4H3,(H,25,29)/t22-/m0/s1. The van der Waals surface area contributed by atoms with Crippen molar-refractivity contribution in [2.45, 2.75) is 31.7 Å². The fraction of sp³-hybridized carbons (Fsp3) is 0.435. The summed E-state index contributed by atoms with van der Waals surface area (Å²) in [7, 11) is -2.10. The zero-order chi connectivity index (χ0) is 23.5. The summed E-state index contributed by atoms with van der Waals surface area (Å²) in [6.45, 7) is 9.33. The number of piperazine rings is 1. The molecule has 0 unspecified atom stereocenters. The molecule has 2 aromatic carbocycles. The van der Waals surface area contributed by atoms with E-state index < -0.39 is 32.7 Å². The molecule has 1 aliphatic rings. The van der Waals surface area contributed by atoms with Gasteiger partial charge in [0.15, 0.2) is 0 Å². The van der Waals surface area contributed by atoms with Crippen LogP contribution in [0.5, 0.6) is 0 Å². The largest absolute Gasteiger partial charge is 0.369 e. The van der Waals surface area contributed by atoms with Gasteiger partial charge in [0.05, 0.1) is 0 Å². The van der Waals surface area contributed by atoms with Crippen LogP contribution in [0.3, 0.4) is 0 Å². The lowest BCUT2D eigenvalue weighted by Crippen LogP contribution is -2.47. The molecule has 3 rings (SSSR count). The maximum absolute atomic E-state index is 14.0. The average molecular weight is 463 g/mol. The van der Waals surface area contributed by atoms with E-state index in [0.29, 0.717) is 5.69 Å². The third-order valence-corrected chi connectivity index (χ3v) is 7.14. The molecule has 0 spiro atoms. The van der Waals surface area contributed by atoms with Crippen LogP contribution in [0.4, 0.5) is 15.8 Å². The van der Waals surface area contributed by atoms with Crippen LogP contribution in [0, 0.1) is 18.7 Å². The van der Waals surface area contributed by atoms with E-state index in [-0.39, 0.29) is 5.92 Å². The van der Waals surface area contributed by atoms with Gasteiger partial charge in [0.1, 0.15) is 16.8 Å². The number of benzene rings is 2. The van der Waals surface area contributed by atoms with E-state index in [1.54, 1.807) is 13.8 Å². The highest BCUT2D eigenvalue weighted by Crippen LogP contribution is 2.25. The van der Waals surface area contributed by atoms with E-state index >= 15 is 0 Å². The first kappa shape index (κ1) is 24.2. The first-order chi connectivity index (χ1) is 15.1. The minimum Gasteiger partial charge on any atom is -0.369 e. The maximum Gasteiger partial charge on any atom is 0.244 e. The lowest BCUT2D eigenvalue weighted by atomic mass is 10.0. The normalized spacial score (nSPS) is 16.2. The molecule has 9 heteroatoms. The van der Waals surface area contributed by atoms with Gasteiger partial charge in [-0.25, -0.2) is 12.8 Å². The lowest BCUT2D eigenvalue weighted by molar-refractivity contribution is -0.118. The number of hydrogen-bond acceptors (Lipinski definition) is 5. The number of sulfonamides is 1. The van der Waals surface area contributed by atoms with E-state index in [9.17, 15) is 17.6 Å². The maximum atomic E-state index is 14.0. The molecule has 1 saturated heterocycles. The first-order valence-electron chi connectivity index (χ1n) is 10.7. The Morgan fingerprint density at radius 1 is 1.06 bits per heavy atom. The van der Waals surface area contributed by atoms with Crippen molar-refractivity contribution in [1.82, 2.24) is 9.62 Å². The number of nitrogens with zero attached hydrogens (tertiary/aromatic N) is 2. The highest BCUT2D eigenvalue weighted by atomic mass is 32.2. The minimum absolute atomic E-state index is 0.345. The van der Waals surface area contributed by atoms with Crippen LogP contribution in [-0.4, -0.2) is 58.5 Å². The molecular weight excluding hydrogens is 431 g/mol. The van der Waals surface area contributed by atoms with Gasteiger partial charge in [0, 0.05) is 37.6 Å². The number of rotatable bonds is 7. The van der Waals surface area contributed by atoms with Crippen LogP contribution in [0.2, 0.25) is 0 Å². The Morgan fingerprint density at radius 2 is 1.72 bits per heavy atom. The highest BCUT2D eigenvalue weighted by Gasteiger charge is 2.30. The van der Waals surface area contributed by atoms with Gasteiger partial charge in [-0.05, 0) is 55.8 Å². The van der Waals surface area contributed by atoms with Gasteiger partial charge in [-0.2, -0.15) is 4.72 Å². The second-order valence-electron chi connectivity index (χ2n) is 8.55. The van der Waals surface area contributed by atoms with Gasteiger partial charge in [-0.15, -0.1) is 0 Å². The van der Waals surface area contributed by atoms with Crippen molar-refractivity contribution in [3.63, 3.8) is 0 Å². The van der Waals surface area contributed by atoms with Gasteiger partial charge in [0.2, 0.25) is 15.9 Å². The number of carbonyl (C=O) groups is 1. The summed E-state index contributed by atoms with van der Waals surface area (Å²) in [5, 5.41) is 2.80. The third kappa shape index (κ3) is 5.65. The molecule has 2 aromatic rings. The average Bonchev–Trinajstić information content (AvgIpc) is 2.73. The number of likely N-dealkylation sites (N-methyl/N-ethyl adjacent to an activating group) is 1. The van der Waals surface area contributed by atoms with Crippen LogP contribution in [-0.2, 0) is 14.8 Å². The third-order valence-electron chi connectivity index (χ3n) is 5.67. The Hall–Kier alpha value is -2.49. The molecule has 7 nitrogen and oxygen atoms in total. The molecule has 1 amide bonds. The smallest absolute Gasteiger partial charge is 0.244 e. The molecule has 32 heavy (non-hydrogen) atoms. The molecule has 1 heterocycles. The van der Waals surface area contributed by atoms with Crippen molar-refractivity contribution in [2.75, 3.05) is 43.4 Å². The van der Waals surface area contributed by atoms with Crippen molar-refractivity contribution in [3.05, 3.63) is 53.8 Å². The fourth-order valence-corrected chi connectivity index (χ4v) is 5.16. The predicted molar refractivity (Wildman–Crippen MR) is 125 cm³/mol. The van der Waals surface area contributed by atoms with Gasteiger partial charge in [-0.3, -0.25) is 4.79 Å². The summed E-state index contributed by atoms with van der Waals surface area (Å²) >= 11 is 0.